The van der Waals surface area contributed by atoms with Crippen molar-refractivity contribution in [2.45, 2.75) is 25.6 Å². The van der Waals surface area contributed by atoms with Gasteiger partial charge in [0, 0.05) is 6.20 Å². The SMILES string of the molecule is CCc1ccc(C(NC)C(F)(F)F)nc1. The van der Waals surface area contributed by atoms with Gasteiger partial charge in [0.1, 0.15) is 6.04 Å². The molecule has 0 bridgehead atoms. The van der Waals surface area contributed by atoms with Crippen molar-refractivity contribution in [3.05, 3.63) is 29.6 Å². The van der Waals surface area contributed by atoms with Crippen LogP contribution in [0, 0.1) is 0 Å². The number of rotatable bonds is 3. The highest BCUT2D eigenvalue weighted by atomic mass is 19.4. The van der Waals surface area contributed by atoms with Crippen LogP contribution < -0.4 is 5.32 Å². The normalized spacial score (nSPS) is 13.9. The molecule has 0 spiro atoms. The fraction of sp³-hybridized carbons (Fsp3) is 0.500. The second-order valence-electron chi connectivity index (χ2n) is 3.21. The van der Waals surface area contributed by atoms with E-state index in [0.717, 1.165) is 12.0 Å². The van der Waals surface area contributed by atoms with Gasteiger partial charge in [0.25, 0.3) is 0 Å². The molecule has 1 N–H and O–H groups in total. The molecule has 1 unspecified atom stereocenters. The van der Waals surface area contributed by atoms with Crippen molar-refractivity contribution in [1.29, 1.82) is 0 Å². The zero-order chi connectivity index (χ0) is 11.5. The first-order chi connectivity index (χ1) is 6.99. The van der Waals surface area contributed by atoms with E-state index in [-0.39, 0.29) is 5.69 Å². The van der Waals surface area contributed by atoms with E-state index in [1.54, 1.807) is 6.07 Å². The number of nitrogens with zero attached hydrogens (tertiary/aromatic N) is 1. The van der Waals surface area contributed by atoms with Gasteiger partial charge in [0.05, 0.1) is 5.69 Å². The van der Waals surface area contributed by atoms with Crippen LogP contribution in [-0.4, -0.2) is 18.2 Å². The summed E-state index contributed by atoms with van der Waals surface area (Å²) in [6, 6.07) is 1.38. The first kappa shape index (κ1) is 12.0. The quantitative estimate of drug-likeness (QED) is 0.843. The molecule has 84 valence electrons. The van der Waals surface area contributed by atoms with Crippen LogP contribution in [-0.2, 0) is 6.42 Å². The highest BCUT2D eigenvalue weighted by molar-refractivity contribution is 5.17. The van der Waals surface area contributed by atoms with Gasteiger partial charge in [-0.05, 0) is 25.1 Å². The molecule has 0 aliphatic rings. The summed E-state index contributed by atoms with van der Waals surface area (Å²) in [5.74, 6) is 0. The number of hydrogen-bond donors (Lipinski definition) is 1. The molecular formula is C10H13F3N2. The molecule has 0 aliphatic heterocycles. The Balaban J connectivity index is 2.93. The molecule has 1 rings (SSSR count). The van der Waals surface area contributed by atoms with E-state index in [4.69, 9.17) is 0 Å². The van der Waals surface area contributed by atoms with Gasteiger partial charge in [-0.1, -0.05) is 13.0 Å². The number of nitrogens with one attached hydrogen (secondary N) is 1. The Bertz CT molecular complexity index is 305. The average Bonchev–Trinajstić information content (AvgIpc) is 2.18. The molecule has 0 aliphatic carbocycles. The lowest BCUT2D eigenvalue weighted by Gasteiger charge is -2.18. The van der Waals surface area contributed by atoms with Crippen LogP contribution in [0.1, 0.15) is 24.2 Å². The summed E-state index contributed by atoms with van der Waals surface area (Å²) < 4.78 is 37.5. The van der Waals surface area contributed by atoms with Gasteiger partial charge < -0.3 is 5.32 Å². The summed E-state index contributed by atoms with van der Waals surface area (Å²) in [5.41, 5.74) is 0.929. The maximum absolute atomic E-state index is 12.5. The van der Waals surface area contributed by atoms with Crippen LogP contribution in [0.25, 0.3) is 0 Å². The Hall–Kier alpha value is -1.10. The van der Waals surface area contributed by atoms with E-state index >= 15 is 0 Å². The molecule has 0 radical (unpaired) electrons. The Morgan fingerprint density at radius 3 is 2.40 bits per heavy atom. The lowest BCUT2D eigenvalue weighted by Crippen LogP contribution is -2.32. The summed E-state index contributed by atoms with van der Waals surface area (Å²) in [4.78, 5) is 3.80. The largest absolute Gasteiger partial charge is 0.409 e. The van der Waals surface area contributed by atoms with Gasteiger partial charge in [0.2, 0.25) is 0 Å². The van der Waals surface area contributed by atoms with Crippen LogP contribution >= 0.6 is 0 Å². The first-order valence-electron chi connectivity index (χ1n) is 4.67. The van der Waals surface area contributed by atoms with Crippen molar-refractivity contribution < 1.29 is 13.2 Å². The van der Waals surface area contributed by atoms with Crippen molar-refractivity contribution in [2.75, 3.05) is 7.05 Å². The van der Waals surface area contributed by atoms with Gasteiger partial charge in [-0.2, -0.15) is 13.2 Å². The number of halogens is 3. The molecule has 1 aromatic heterocycles. The Morgan fingerprint density at radius 1 is 1.40 bits per heavy atom. The molecule has 1 atom stereocenters. The summed E-state index contributed by atoms with van der Waals surface area (Å²) in [7, 11) is 1.27. The van der Waals surface area contributed by atoms with Crippen molar-refractivity contribution in [3.63, 3.8) is 0 Å². The predicted octanol–water partition coefficient (Wildman–Crippen LogP) is 2.47. The summed E-state index contributed by atoms with van der Waals surface area (Å²) in [5, 5.41) is 2.21. The smallest absolute Gasteiger partial charge is 0.304 e. The third-order valence-electron chi connectivity index (χ3n) is 2.17. The molecule has 5 heteroatoms. The molecule has 1 aromatic rings. The number of aryl methyl sites for hydroxylation is 1. The van der Waals surface area contributed by atoms with Gasteiger partial charge in [-0.15, -0.1) is 0 Å². The molecule has 0 amide bonds. The minimum absolute atomic E-state index is 0.00204. The zero-order valence-electron chi connectivity index (χ0n) is 8.60. The van der Waals surface area contributed by atoms with E-state index in [1.807, 2.05) is 6.92 Å². The number of alkyl halides is 3. The summed E-state index contributed by atoms with van der Waals surface area (Å²) in [6.07, 6.45) is -2.07. The van der Waals surface area contributed by atoms with Crippen LogP contribution in [0.3, 0.4) is 0 Å². The molecule has 2 nitrogen and oxygen atoms in total. The second kappa shape index (κ2) is 4.61. The van der Waals surface area contributed by atoms with E-state index in [9.17, 15) is 13.2 Å². The Labute approximate surface area is 86.5 Å². The van der Waals surface area contributed by atoms with E-state index in [2.05, 4.69) is 10.3 Å². The monoisotopic (exact) mass is 218 g/mol. The molecular weight excluding hydrogens is 205 g/mol. The van der Waals surface area contributed by atoms with Gasteiger partial charge >= 0.3 is 6.18 Å². The molecule has 15 heavy (non-hydrogen) atoms. The predicted molar refractivity (Wildman–Crippen MR) is 51.5 cm³/mol. The molecule has 0 saturated carbocycles. The maximum Gasteiger partial charge on any atom is 0.409 e. The van der Waals surface area contributed by atoms with Crippen LogP contribution in [0.4, 0.5) is 13.2 Å². The fourth-order valence-corrected chi connectivity index (χ4v) is 1.30. The molecule has 0 saturated heterocycles. The third-order valence-corrected chi connectivity index (χ3v) is 2.17. The highest BCUT2D eigenvalue weighted by Crippen LogP contribution is 2.31. The third kappa shape index (κ3) is 2.92. The standard InChI is InChI=1S/C10H13F3N2/c1-3-7-4-5-8(15-6-7)9(14-2)10(11,12)13/h4-6,9,14H,3H2,1-2H3. The van der Waals surface area contributed by atoms with Crippen molar-refractivity contribution in [1.82, 2.24) is 10.3 Å². The van der Waals surface area contributed by atoms with Gasteiger partial charge in [-0.3, -0.25) is 4.98 Å². The van der Waals surface area contributed by atoms with Crippen LogP contribution in [0.15, 0.2) is 18.3 Å². The van der Waals surface area contributed by atoms with E-state index in [0.29, 0.717) is 0 Å². The second-order valence-corrected chi connectivity index (χ2v) is 3.21. The van der Waals surface area contributed by atoms with E-state index < -0.39 is 12.2 Å². The molecule has 1 heterocycles. The van der Waals surface area contributed by atoms with Crippen molar-refractivity contribution in [2.24, 2.45) is 0 Å². The molecule has 0 fully saturated rings. The van der Waals surface area contributed by atoms with Crippen LogP contribution in [0.2, 0.25) is 0 Å². The number of aromatic nitrogens is 1. The zero-order valence-corrected chi connectivity index (χ0v) is 8.60. The average molecular weight is 218 g/mol. The first-order valence-corrected chi connectivity index (χ1v) is 4.67. The lowest BCUT2D eigenvalue weighted by molar-refractivity contribution is -0.157. The fourth-order valence-electron chi connectivity index (χ4n) is 1.30. The Morgan fingerprint density at radius 2 is 2.07 bits per heavy atom. The van der Waals surface area contributed by atoms with Gasteiger partial charge in [0.15, 0.2) is 0 Å². The van der Waals surface area contributed by atoms with Crippen molar-refractivity contribution >= 4 is 0 Å². The summed E-state index contributed by atoms with van der Waals surface area (Å²) >= 11 is 0. The maximum atomic E-state index is 12.5. The highest BCUT2D eigenvalue weighted by Gasteiger charge is 2.40. The van der Waals surface area contributed by atoms with Gasteiger partial charge in [-0.25, -0.2) is 0 Å². The van der Waals surface area contributed by atoms with E-state index in [1.165, 1.54) is 19.3 Å². The minimum Gasteiger partial charge on any atom is -0.304 e. The minimum atomic E-state index is -4.31. The Kier molecular flexibility index (Phi) is 3.68. The number of pyridine rings is 1. The summed E-state index contributed by atoms with van der Waals surface area (Å²) in [6.45, 7) is 1.93. The lowest BCUT2D eigenvalue weighted by atomic mass is 10.1. The molecule has 0 aromatic carbocycles. The topological polar surface area (TPSA) is 24.9 Å². The van der Waals surface area contributed by atoms with Crippen molar-refractivity contribution in [3.8, 4) is 0 Å². The number of hydrogen-bond acceptors (Lipinski definition) is 2. The van der Waals surface area contributed by atoms with Crippen LogP contribution in [0.5, 0.6) is 0 Å².